The number of nitrogens with zero attached hydrogens (tertiary/aromatic N) is 2. The number of aromatic amines is 1. The van der Waals surface area contributed by atoms with Crippen molar-refractivity contribution >= 4 is 38.6 Å². The van der Waals surface area contributed by atoms with Gasteiger partial charge in [-0.1, -0.05) is 24.3 Å². The molecule has 3 aliphatic heterocycles. The zero-order chi connectivity index (χ0) is 23.6. The molecular weight excluding hydrogens is 456 g/mol. The quantitative estimate of drug-likeness (QED) is 0.555. The van der Waals surface area contributed by atoms with Crippen molar-refractivity contribution in [3.63, 3.8) is 0 Å². The number of rotatable bonds is 3. The summed E-state index contributed by atoms with van der Waals surface area (Å²) in [6, 6.07) is 11.7. The summed E-state index contributed by atoms with van der Waals surface area (Å²) < 4.78 is 29.0. The van der Waals surface area contributed by atoms with Crippen molar-refractivity contribution in [2.45, 2.75) is 43.3 Å². The molecule has 1 fully saturated rings. The van der Waals surface area contributed by atoms with Gasteiger partial charge in [0.2, 0.25) is 21.8 Å². The number of aromatic nitrogens is 1. The van der Waals surface area contributed by atoms with E-state index in [2.05, 4.69) is 10.3 Å². The molecule has 3 amide bonds. The van der Waals surface area contributed by atoms with E-state index < -0.39 is 22.0 Å². The minimum atomic E-state index is -3.89. The number of H-pyrrole nitrogens is 1. The first-order valence-corrected chi connectivity index (χ1v) is 12.6. The number of imide groups is 1. The largest absolute Gasteiger partial charge is 0.358 e. The molecule has 0 spiro atoms. The van der Waals surface area contributed by atoms with Crippen molar-refractivity contribution in [3.05, 3.63) is 64.8 Å². The van der Waals surface area contributed by atoms with Gasteiger partial charge >= 0.3 is 0 Å². The molecule has 1 atom stereocenters. The predicted octanol–water partition coefficient (Wildman–Crippen LogP) is 1.68. The Morgan fingerprint density at radius 3 is 2.56 bits per heavy atom. The van der Waals surface area contributed by atoms with Crippen molar-refractivity contribution in [1.29, 1.82) is 0 Å². The predicted molar refractivity (Wildman–Crippen MR) is 122 cm³/mol. The summed E-state index contributed by atoms with van der Waals surface area (Å²) in [4.78, 5) is 41.8. The summed E-state index contributed by atoms with van der Waals surface area (Å²) in [5, 5.41) is 3.28. The van der Waals surface area contributed by atoms with Crippen LogP contribution in [0.3, 0.4) is 0 Å². The fourth-order valence-electron chi connectivity index (χ4n) is 5.28. The van der Waals surface area contributed by atoms with Gasteiger partial charge in [0.15, 0.2) is 0 Å². The molecule has 3 aliphatic rings. The fourth-order valence-corrected chi connectivity index (χ4v) is 6.93. The number of carbonyl (C=O) groups excluding carboxylic acids is 3. The zero-order valence-corrected chi connectivity index (χ0v) is 19.0. The van der Waals surface area contributed by atoms with Crippen LogP contribution in [-0.4, -0.2) is 52.9 Å². The summed E-state index contributed by atoms with van der Waals surface area (Å²) >= 11 is 0. The van der Waals surface area contributed by atoms with Gasteiger partial charge < -0.3 is 9.88 Å². The van der Waals surface area contributed by atoms with Crippen LogP contribution in [0.25, 0.3) is 10.9 Å². The minimum Gasteiger partial charge on any atom is -0.358 e. The molecule has 10 heteroatoms. The summed E-state index contributed by atoms with van der Waals surface area (Å²) in [7, 11) is -3.89. The Kier molecular flexibility index (Phi) is 4.65. The molecule has 1 unspecified atom stereocenters. The van der Waals surface area contributed by atoms with Crippen LogP contribution in [0.4, 0.5) is 0 Å². The highest BCUT2D eigenvalue weighted by Crippen LogP contribution is 2.35. The van der Waals surface area contributed by atoms with Crippen LogP contribution in [0, 0.1) is 0 Å². The van der Waals surface area contributed by atoms with E-state index >= 15 is 0 Å². The van der Waals surface area contributed by atoms with E-state index in [0.717, 1.165) is 22.2 Å². The normalized spacial score (nSPS) is 21.0. The maximum Gasteiger partial charge on any atom is 0.255 e. The van der Waals surface area contributed by atoms with Gasteiger partial charge in [-0.25, -0.2) is 8.42 Å². The Bertz CT molecular complexity index is 1490. The molecule has 0 bridgehead atoms. The monoisotopic (exact) mass is 478 g/mol. The SMILES string of the molecule is O=C1CCC(N2Cc3c(cccc3S(=O)(=O)N3CCc4[nH]c5ccccc5c4C3)C2=O)C(=O)N1. The number of piperidine rings is 1. The van der Waals surface area contributed by atoms with E-state index in [1.807, 2.05) is 24.3 Å². The molecule has 0 saturated carbocycles. The molecule has 34 heavy (non-hydrogen) atoms. The van der Waals surface area contributed by atoms with E-state index in [9.17, 15) is 22.8 Å². The molecule has 0 aliphatic carbocycles. The lowest BCUT2D eigenvalue weighted by molar-refractivity contribution is -0.136. The van der Waals surface area contributed by atoms with Crippen molar-refractivity contribution in [3.8, 4) is 0 Å². The second-order valence-corrected chi connectivity index (χ2v) is 10.8. The van der Waals surface area contributed by atoms with E-state index in [1.165, 1.54) is 15.3 Å². The molecule has 0 radical (unpaired) electrons. The number of hydrogen-bond acceptors (Lipinski definition) is 5. The molecule has 2 aromatic carbocycles. The van der Waals surface area contributed by atoms with E-state index in [-0.39, 0.29) is 48.2 Å². The first kappa shape index (κ1) is 21.1. The van der Waals surface area contributed by atoms with Gasteiger partial charge in [0.1, 0.15) is 6.04 Å². The third kappa shape index (κ3) is 3.09. The molecule has 3 aromatic rings. The lowest BCUT2D eigenvalue weighted by Gasteiger charge is -2.29. The van der Waals surface area contributed by atoms with Crippen molar-refractivity contribution in [2.75, 3.05) is 6.54 Å². The lowest BCUT2D eigenvalue weighted by Crippen LogP contribution is -2.52. The van der Waals surface area contributed by atoms with Crippen LogP contribution in [0.15, 0.2) is 47.4 Å². The van der Waals surface area contributed by atoms with Crippen molar-refractivity contribution in [2.24, 2.45) is 0 Å². The molecule has 2 N–H and O–H groups in total. The summed E-state index contributed by atoms with van der Waals surface area (Å²) in [5.74, 6) is -1.28. The van der Waals surface area contributed by atoms with Crippen LogP contribution in [0.1, 0.15) is 40.0 Å². The lowest BCUT2D eigenvalue weighted by atomic mass is 10.0. The summed E-state index contributed by atoms with van der Waals surface area (Å²) in [5.41, 5.74) is 3.69. The van der Waals surface area contributed by atoms with E-state index in [1.54, 1.807) is 12.1 Å². The topological polar surface area (TPSA) is 120 Å². The molecule has 9 nitrogen and oxygen atoms in total. The highest BCUT2D eigenvalue weighted by Gasteiger charge is 2.42. The second kappa shape index (κ2) is 7.51. The zero-order valence-electron chi connectivity index (χ0n) is 18.2. The first-order chi connectivity index (χ1) is 16.3. The Hall–Kier alpha value is -3.50. The van der Waals surface area contributed by atoms with Gasteiger partial charge in [-0.3, -0.25) is 19.7 Å². The third-order valence-corrected chi connectivity index (χ3v) is 8.93. The smallest absolute Gasteiger partial charge is 0.255 e. The van der Waals surface area contributed by atoms with Crippen LogP contribution >= 0.6 is 0 Å². The number of fused-ring (bicyclic) bond motifs is 4. The van der Waals surface area contributed by atoms with Crippen molar-refractivity contribution < 1.29 is 22.8 Å². The Labute approximate surface area is 195 Å². The molecule has 1 aromatic heterocycles. The molecule has 4 heterocycles. The van der Waals surface area contributed by atoms with Crippen LogP contribution in [-0.2, 0) is 39.1 Å². The highest BCUT2D eigenvalue weighted by molar-refractivity contribution is 7.89. The molecular formula is C24H22N4O5S. The molecule has 1 saturated heterocycles. The number of hydrogen-bond donors (Lipinski definition) is 2. The molecule has 6 rings (SSSR count). The average Bonchev–Trinajstić information content (AvgIpc) is 3.36. The number of benzene rings is 2. The summed E-state index contributed by atoms with van der Waals surface area (Å²) in [6.45, 7) is 0.592. The van der Waals surface area contributed by atoms with Crippen LogP contribution < -0.4 is 5.32 Å². The number of amides is 3. The van der Waals surface area contributed by atoms with Gasteiger partial charge in [0.25, 0.3) is 5.91 Å². The Balaban J connectivity index is 1.34. The van der Waals surface area contributed by atoms with Gasteiger partial charge in [0, 0.05) is 60.2 Å². The van der Waals surface area contributed by atoms with E-state index in [4.69, 9.17) is 0 Å². The Morgan fingerprint density at radius 2 is 1.74 bits per heavy atom. The van der Waals surface area contributed by atoms with Crippen LogP contribution in [0.5, 0.6) is 0 Å². The van der Waals surface area contributed by atoms with Crippen LogP contribution in [0.2, 0.25) is 0 Å². The fraction of sp³-hybridized carbons (Fsp3) is 0.292. The van der Waals surface area contributed by atoms with Gasteiger partial charge in [-0.2, -0.15) is 4.31 Å². The first-order valence-electron chi connectivity index (χ1n) is 11.2. The maximum atomic E-state index is 13.8. The number of para-hydroxylation sites is 1. The van der Waals surface area contributed by atoms with Gasteiger partial charge in [-0.15, -0.1) is 0 Å². The molecule has 174 valence electrons. The van der Waals surface area contributed by atoms with Crippen molar-refractivity contribution in [1.82, 2.24) is 19.5 Å². The second-order valence-electron chi connectivity index (χ2n) is 8.90. The van der Waals surface area contributed by atoms with Gasteiger partial charge in [-0.05, 0) is 30.2 Å². The highest BCUT2D eigenvalue weighted by atomic mass is 32.2. The third-order valence-electron chi connectivity index (χ3n) is 7.00. The standard InChI is InChI=1S/C24H22N4O5S/c29-22-9-8-20(23(30)26-22)28-13-17-15(24(28)31)5-3-7-21(17)34(32,33)27-11-10-19-16(12-27)14-4-1-2-6-18(14)25-19/h1-7,20,25H,8-13H2,(H,26,29,30). The Morgan fingerprint density at radius 1 is 0.912 bits per heavy atom. The minimum absolute atomic E-state index is 0.0159. The average molecular weight is 479 g/mol. The summed E-state index contributed by atoms with van der Waals surface area (Å²) in [6.07, 6.45) is 0.934. The van der Waals surface area contributed by atoms with E-state index in [0.29, 0.717) is 18.5 Å². The maximum absolute atomic E-state index is 13.8. The van der Waals surface area contributed by atoms with Gasteiger partial charge in [0.05, 0.1) is 4.90 Å². The number of nitrogens with one attached hydrogen (secondary N) is 2. The number of sulfonamides is 1. The number of carbonyl (C=O) groups is 3.